The Bertz CT molecular complexity index is 353. The third-order valence-electron chi connectivity index (χ3n) is 3.91. The van der Waals surface area contributed by atoms with Gasteiger partial charge in [0.1, 0.15) is 48.8 Å². The van der Waals surface area contributed by atoms with Crippen LogP contribution in [0, 0.1) is 0 Å². The van der Waals surface area contributed by atoms with Crippen molar-refractivity contribution < 1.29 is 50.0 Å². The Morgan fingerprint density at radius 1 is 0.636 bits per heavy atom. The first-order valence-corrected chi connectivity index (χ1v) is 6.95. The molecule has 2 saturated heterocycles. The van der Waals surface area contributed by atoms with Crippen molar-refractivity contribution in [1.82, 2.24) is 0 Å². The van der Waals surface area contributed by atoms with Crippen molar-refractivity contribution in [2.24, 2.45) is 0 Å². The summed E-state index contributed by atoms with van der Waals surface area (Å²) < 4.78 is 15.5. The second-order valence-electron chi connectivity index (χ2n) is 5.41. The smallest absolute Gasteiger partial charge is 0.186 e. The summed E-state index contributed by atoms with van der Waals surface area (Å²) in [5.74, 6) is 0. The van der Waals surface area contributed by atoms with Gasteiger partial charge in [0.15, 0.2) is 6.29 Å². The van der Waals surface area contributed by atoms with E-state index < -0.39 is 68.3 Å². The van der Waals surface area contributed by atoms with Gasteiger partial charge in [0.05, 0.1) is 19.8 Å². The first-order valence-electron chi connectivity index (χ1n) is 6.95. The number of hydrogen-bond acceptors (Lipinski definition) is 10. The van der Waals surface area contributed by atoms with Crippen molar-refractivity contribution >= 4 is 0 Å². The molecule has 2 aliphatic heterocycles. The van der Waals surface area contributed by atoms with Crippen LogP contribution in [0.4, 0.5) is 0 Å². The van der Waals surface area contributed by atoms with Crippen LogP contribution in [0.5, 0.6) is 0 Å². The van der Waals surface area contributed by atoms with Gasteiger partial charge in [-0.2, -0.15) is 0 Å². The zero-order valence-electron chi connectivity index (χ0n) is 11.7. The van der Waals surface area contributed by atoms with Gasteiger partial charge >= 0.3 is 0 Å². The number of aliphatic hydroxyl groups excluding tert-OH is 7. The lowest BCUT2D eigenvalue weighted by atomic mass is 9.99. The predicted molar refractivity (Wildman–Crippen MR) is 67.5 cm³/mol. The molecule has 7 N–H and O–H groups in total. The summed E-state index contributed by atoms with van der Waals surface area (Å²) in [7, 11) is 0. The maximum absolute atomic E-state index is 9.78. The fourth-order valence-electron chi connectivity index (χ4n) is 2.51. The zero-order chi connectivity index (χ0) is 16.4. The predicted octanol–water partition coefficient (Wildman–Crippen LogP) is -4.72. The highest BCUT2D eigenvalue weighted by molar-refractivity contribution is 4.92. The molecule has 2 rings (SSSR count). The molecule has 2 fully saturated rings. The van der Waals surface area contributed by atoms with Crippen molar-refractivity contribution in [2.75, 3.05) is 19.8 Å². The molecule has 0 bridgehead atoms. The second-order valence-corrected chi connectivity index (χ2v) is 5.41. The molecule has 0 unspecified atom stereocenters. The summed E-state index contributed by atoms with van der Waals surface area (Å²) in [6.07, 6.45) is -11.5. The lowest BCUT2D eigenvalue weighted by Gasteiger charge is -2.39. The molecule has 0 aromatic carbocycles. The Morgan fingerprint density at radius 3 is 1.68 bits per heavy atom. The Kier molecular flexibility index (Phi) is 6.07. The number of ether oxygens (including phenoxy) is 3. The Balaban J connectivity index is 1.91. The normalized spacial score (nSPS) is 49.5. The second kappa shape index (κ2) is 7.45. The van der Waals surface area contributed by atoms with Crippen LogP contribution in [-0.2, 0) is 14.2 Å². The summed E-state index contributed by atoms with van der Waals surface area (Å²) >= 11 is 0. The Labute approximate surface area is 126 Å². The van der Waals surface area contributed by atoms with Crippen LogP contribution < -0.4 is 0 Å². The molecule has 0 spiro atoms. The molecule has 0 aromatic heterocycles. The molecule has 10 heteroatoms. The molecular formula is C12H22O10. The quantitative estimate of drug-likeness (QED) is 0.260. The van der Waals surface area contributed by atoms with E-state index in [1.807, 2.05) is 0 Å². The first kappa shape index (κ1) is 17.9. The summed E-state index contributed by atoms with van der Waals surface area (Å²) in [6, 6.07) is 0. The molecule has 0 aromatic rings. The Morgan fingerprint density at radius 2 is 1.14 bits per heavy atom. The van der Waals surface area contributed by atoms with Gasteiger partial charge < -0.3 is 50.0 Å². The molecular weight excluding hydrogens is 304 g/mol. The van der Waals surface area contributed by atoms with Crippen LogP contribution in [0.3, 0.4) is 0 Å². The van der Waals surface area contributed by atoms with Crippen LogP contribution in [0.25, 0.3) is 0 Å². The summed E-state index contributed by atoms with van der Waals surface area (Å²) in [6.45, 7) is -1.36. The molecule has 0 saturated carbocycles. The van der Waals surface area contributed by atoms with E-state index in [1.54, 1.807) is 0 Å². The van der Waals surface area contributed by atoms with Crippen LogP contribution >= 0.6 is 0 Å². The van der Waals surface area contributed by atoms with Crippen molar-refractivity contribution in [2.45, 2.75) is 55.1 Å². The SMILES string of the molecule is OC[C@@H]1O[C@H](CO[C@H]2O[C@H](CO)[C@@H](O)[C@H](O)[C@H]2O)[C@@H](O)[C@@H]1O. The van der Waals surface area contributed by atoms with E-state index in [0.29, 0.717) is 0 Å². The van der Waals surface area contributed by atoms with E-state index in [9.17, 15) is 25.5 Å². The molecule has 2 heterocycles. The highest BCUT2D eigenvalue weighted by Crippen LogP contribution is 2.25. The van der Waals surface area contributed by atoms with E-state index in [-0.39, 0.29) is 6.61 Å². The molecule has 0 radical (unpaired) electrons. The molecule has 0 aliphatic carbocycles. The van der Waals surface area contributed by atoms with Gasteiger partial charge in [0.2, 0.25) is 0 Å². The third kappa shape index (κ3) is 3.41. The third-order valence-corrected chi connectivity index (χ3v) is 3.91. The maximum Gasteiger partial charge on any atom is 0.186 e. The van der Waals surface area contributed by atoms with Crippen LogP contribution in [0.15, 0.2) is 0 Å². The minimum Gasteiger partial charge on any atom is -0.394 e. The first-order chi connectivity index (χ1) is 10.4. The van der Waals surface area contributed by atoms with Gasteiger partial charge in [-0.15, -0.1) is 0 Å². The standard InChI is InChI=1S/C12H22O10/c13-1-4-7(15)9(17)6(21-4)3-20-12-11(19)10(18)8(16)5(2-14)22-12/h4-19H,1-3H2/t4-,5+,6+,7+,8+,9+,10-,11+,12-/m0/s1. The number of hydrogen-bond donors (Lipinski definition) is 7. The van der Waals surface area contributed by atoms with Gasteiger partial charge in [0, 0.05) is 0 Å². The molecule has 10 nitrogen and oxygen atoms in total. The summed E-state index contributed by atoms with van der Waals surface area (Å²) in [4.78, 5) is 0. The van der Waals surface area contributed by atoms with Crippen LogP contribution in [0.1, 0.15) is 0 Å². The highest BCUT2D eigenvalue weighted by atomic mass is 16.7. The zero-order valence-corrected chi connectivity index (χ0v) is 11.7. The van der Waals surface area contributed by atoms with Gasteiger partial charge in [0.25, 0.3) is 0 Å². The van der Waals surface area contributed by atoms with E-state index >= 15 is 0 Å². The summed E-state index contributed by atoms with van der Waals surface area (Å²) in [5, 5.41) is 66.4. The van der Waals surface area contributed by atoms with E-state index in [0.717, 1.165) is 0 Å². The Hall–Kier alpha value is -0.400. The fraction of sp³-hybridized carbons (Fsp3) is 1.00. The maximum atomic E-state index is 9.78. The van der Waals surface area contributed by atoms with Crippen LogP contribution in [0.2, 0.25) is 0 Å². The van der Waals surface area contributed by atoms with Gasteiger partial charge in [-0.3, -0.25) is 0 Å². The highest BCUT2D eigenvalue weighted by Gasteiger charge is 2.46. The van der Waals surface area contributed by atoms with Gasteiger partial charge in [-0.05, 0) is 0 Å². The van der Waals surface area contributed by atoms with Crippen molar-refractivity contribution in [3.63, 3.8) is 0 Å². The van der Waals surface area contributed by atoms with Gasteiger partial charge in [-0.25, -0.2) is 0 Å². The number of rotatable bonds is 5. The monoisotopic (exact) mass is 326 g/mol. The van der Waals surface area contributed by atoms with Gasteiger partial charge in [-0.1, -0.05) is 0 Å². The minimum absolute atomic E-state index is 0.294. The molecule has 9 atom stereocenters. The lowest BCUT2D eigenvalue weighted by Crippen LogP contribution is -2.59. The number of aliphatic hydroxyl groups is 7. The average Bonchev–Trinajstić information content (AvgIpc) is 2.79. The lowest BCUT2D eigenvalue weighted by molar-refractivity contribution is -0.306. The molecule has 130 valence electrons. The largest absolute Gasteiger partial charge is 0.394 e. The summed E-state index contributed by atoms with van der Waals surface area (Å²) in [5.41, 5.74) is 0. The molecule has 22 heavy (non-hydrogen) atoms. The van der Waals surface area contributed by atoms with Crippen molar-refractivity contribution in [3.05, 3.63) is 0 Å². The average molecular weight is 326 g/mol. The molecule has 0 amide bonds. The minimum atomic E-state index is -1.57. The van der Waals surface area contributed by atoms with Crippen LogP contribution in [-0.4, -0.2) is 111 Å². The van der Waals surface area contributed by atoms with Crippen molar-refractivity contribution in [1.29, 1.82) is 0 Å². The fourth-order valence-corrected chi connectivity index (χ4v) is 2.51. The topological polar surface area (TPSA) is 169 Å². The van der Waals surface area contributed by atoms with E-state index in [4.69, 9.17) is 24.4 Å². The van der Waals surface area contributed by atoms with Crippen molar-refractivity contribution in [3.8, 4) is 0 Å². The van der Waals surface area contributed by atoms with E-state index in [2.05, 4.69) is 0 Å². The van der Waals surface area contributed by atoms with E-state index in [1.165, 1.54) is 0 Å². The molecule has 2 aliphatic rings.